The molecule has 3 N–H and O–H groups in total. The van der Waals surface area contributed by atoms with Crippen molar-refractivity contribution in [1.82, 2.24) is 20.1 Å². The lowest BCUT2D eigenvalue weighted by Crippen LogP contribution is -2.54. The summed E-state index contributed by atoms with van der Waals surface area (Å²) in [6.07, 6.45) is 1.09. The topological polar surface area (TPSA) is 166 Å². The number of benzene rings is 3. The number of imide groups is 2. The van der Waals surface area contributed by atoms with Crippen LogP contribution in [-0.2, 0) is 31.0 Å². The van der Waals surface area contributed by atoms with E-state index in [9.17, 15) is 28.8 Å². The van der Waals surface area contributed by atoms with Crippen LogP contribution < -0.4 is 15.5 Å². The van der Waals surface area contributed by atoms with Crippen molar-refractivity contribution in [3.63, 3.8) is 0 Å². The van der Waals surface area contributed by atoms with Crippen LogP contribution in [0.3, 0.4) is 0 Å². The number of fused-ring (bicyclic) bond motifs is 5. The summed E-state index contributed by atoms with van der Waals surface area (Å²) in [5.41, 5.74) is 7.00. The van der Waals surface area contributed by atoms with E-state index in [2.05, 4.69) is 52.2 Å². The number of nitrogens with zero attached hydrogens (tertiary/aromatic N) is 4. The highest BCUT2D eigenvalue weighted by Crippen LogP contribution is 2.46. The molecule has 8 rings (SSSR count). The van der Waals surface area contributed by atoms with Gasteiger partial charge in [0.05, 0.1) is 42.9 Å². The molecule has 14 nitrogen and oxygen atoms in total. The molecule has 1 unspecified atom stereocenters. The van der Waals surface area contributed by atoms with Crippen molar-refractivity contribution in [2.75, 3.05) is 56.2 Å². The van der Waals surface area contributed by atoms with Crippen LogP contribution in [0.1, 0.15) is 93.5 Å². The summed E-state index contributed by atoms with van der Waals surface area (Å²) in [7, 11) is 0. The van der Waals surface area contributed by atoms with Crippen LogP contribution in [0.2, 0.25) is 0 Å². The molecule has 3 aromatic carbocycles. The Morgan fingerprint density at radius 1 is 0.965 bits per heavy atom. The predicted molar refractivity (Wildman–Crippen MR) is 212 cm³/mol. The van der Waals surface area contributed by atoms with Gasteiger partial charge >= 0.3 is 0 Å². The number of piperidine rings is 1. The summed E-state index contributed by atoms with van der Waals surface area (Å²) < 4.78 is 5.77. The summed E-state index contributed by atoms with van der Waals surface area (Å²) in [5.74, 6) is -2.25. The van der Waals surface area contributed by atoms with Crippen molar-refractivity contribution in [3.05, 3.63) is 99.0 Å². The third kappa shape index (κ3) is 6.41. The van der Waals surface area contributed by atoms with Crippen molar-refractivity contribution >= 4 is 63.3 Å². The lowest BCUT2D eigenvalue weighted by Gasteiger charge is -2.39. The minimum atomic E-state index is -1.04. The number of aromatic nitrogens is 1. The number of hydrogen-bond acceptors (Lipinski definition) is 9. The molecule has 292 valence electrons. The maximum absolute atomic E-state index is 14.1. The van der Waals surface area contributed by atoms with Crippen LogP contribution in [0.15, 0.2) is 48.5 Å². The van der Waals surface area contributed by atoms with E-state index in [0.717, 1.165) is 44.7 Å². The number of aromatic amines is 1. The largest absolute Gasteiger partial charge is 0.382 e. The smallest absolute Gasteiger partial charge is 0.264 e. The zero-order valence-corrected chi connectivity index (χ0v) is 32.1. The number of carbonyl (C=O) groups is 6. The van der Waals surface area contributed by atoms with Crippen LogP contribution >= 0.6 is 0 Å². The van der Waals surface area contributed by atoms with Crippen molar-refractivity contribution < 1.29 is 33.5 Å². The van der Waals surface area contributed by atoms with Gasteiger partial charge in [0, 0.05) is 78.1 Å². The standard InChI is InChI=1S/C43H43N7O7/c1-5-24-21-28-29(43(2,3)39-37(38(28)53)26-10-9-25(44-4)22-31(26)46-39)23-33(24)48-15-17-49(18-16-48)35(52)13-19-57-20-14-45-30-8-6-7-27-36(30)42(56)50(41(27)55)32-11-12-34(51)47-40(32)54/h6-10,21-23,32,45-46H,5,11-20H2,1-3H3,(H,47,51,54). The van der Waals surface area contributed by atoms with E-state index in [1.165, 1.54) is 0 Å². The Morgan fingerprint density at radius 3 is 2.49 bits per heavy atom. The van der Waals surface area contributed by atoms with Crippen molar-refractivity contribution in [2.24, 2.45) is 0 Å². The molecule has 1 aliphatic carbocycles. The first kappa shape index (κ1) is 37.6. The van der Waals surface area contributed by atoms with E-state index in [0.29, 0.717) is 55.2 Å². The molecule has 0 radical (unpaired) electrons. The number of aryl methyl sites for hydroxylation is 1. The molecule has 4 heterocycles. The van der Waals surface area contributed by atoms with Gasteiger partial charge in [-0.05, 0) is 54.3 Å². The zero-order valence-electron chi connectivity index (χ0n) is 32.1. The fourth-order valence-corrected chi connectivity index (χ4v) is 8.68. The lowest BCUT2D eigenvalue weighted by atomic mass is 9.70. The quantitative estimate of drug-likeness (QED) is 0.118. The number of carbonyl (C=O) groups excluding carboxylic acids is 6. The first-order valence-corrected chi connectivity index (χ1v) is 19.4. The number of hydrogen-bond donors (Lipinski definition) is 3. The normalized spacial score (nSPS) is 18.7. The van der Waals surface area contributed by atoms with Gasteiger partial charge in [-0.3, -0.25) is 39.0 Å². The summed E-state index contributed by atoms with van der Waals surface area (Å²) >= 11 is 0. The highest BCUT2D eigenvalue weighted by molar-refractivity contribution is 6.25. The second-order valence-corrected chi connectivity index (χ2v) is 15.4. The molecule has 0 bridgehead atoms. The number of rotatable bonds is 10. The van der Waals surface area contributed by atoms with Gasteiger partial charge in [0.25, 0.3) is 11.8 Å². The molecular weight excluding hydrogens is 727 g/mol. The van der Waals surface area contributed by atoms with Gasteiger partial charge in [-0.15, -0.1) is 0 Å². The fraction of sp³-hybridized carbons (Fsp3) is 0.372. The Kier molecular flexibility index (Phi) is 9.65. The number of anilines is 2. The Balaban J connectivity index is 0.844. The van der Waals surface area contributed by atoms with Crippen LogP contribution in [0.4, 0.5) is 17.1 Å². The molecule has 14 heteroatoms. The number of H-pyrrole nitrogens is 1. The van der Waals surface area contributed by atoms with Gasteiger partial charge in [0.1, 0.15) is 6.04 Å². The highest BCUT2D eigenvalue weighted by Gasteiger charge is 2.46. The fourth-order valence-electron chi connectivity index (χ4n) is 8.68. The molecular formula is C43H43N7O7. The molecule has 0 spiro atoms. The van der Waals surface area contributed by atoms with Gasteiger partial charge < -0.3 is 24.8 Å². The SMILES string of the molecule is [C-]#[N+]c1ccc2c3c([nH]c2c1)C(C)(C)c1cc(N2CCN(C(=O)CCOCCNc4cccc5c4C(=O)N(C4CCC(=O)NC4=O)C5=O)CC2)c(CC)cc1C3=O. The third-order valence-corrected chi connectivity index (χ3v) is 11.7. The molecule has 5 amide bonds. The molecule has 4 aromatic rings. The zero-order chi connectivity index (χ0) is 40.2. The van der Waals surface area contributed by atoms with Crippen molar-refractivity contribution in [1.29, 1.82) is 0 Å². The van der Waals surface area contributed by atoms with Gasteiger partial charge in [0.15, 0.2) is 11.5 Å². The minimum Gasteiger partial charge on any atom is -0.382 e. The van der Waals surface area contributed by atoms with Crippen LogP contribution in [0, 0.1) is 6.57 Å². The van der Waals surface area contributed by atoms with E-state index in [1.807, 2.05) is 17.0 Å². The molecule has 2 saturated heterocycles. The van der Waals surface area contributed by atoms with Crippen LogP contribution in [0.25, 0.3) is 15.7 Å². The Bertz CT molecular complexity index is 2440. The summed E-state index contributed by atoms with van der Waals surface area (Å²) in [6.45, 7) is 17.0. The number of piperazine rings is 1. The summed E-state index contributed by atoms with van der Waals surface area (Å²) in [6, 6.07) is 13.5. The minimum absolute atomic E-state index is 0.00161. The molecule has 4 aliphatic rings. The van der Waals surface area contributed by atoms with Crippen molar-refractivity contribution in [3.8, 4) is 0 Å². The monoisotopic (exact) mass is 769 g/mol. The van der Waals surface area contributed by atoms with Gasteiger partial charge in [0.2, 0.25) is 17.7 Å². The van der Waals surface area contributed by atoms with Crippen molar-refractivity contribution in [2.45, 2.75) is 57.9 Å². The number of nitrogens with one attached hydrogen (secondary N) is 3. The average Bonchev–Trinajstić information content (AvgIpc) is 3.73. The lowest BCUT2D eigenvalue weighted by molar-refractivity contribution is -0.136. The highest BCUT2D eigenvalue weighted by atomic mass is 16.5. The van der Waals surface area contributed by atoms with E-state index in [1.54, 1.807) is 30.3 Å². The third-order valence-electron chi connectivity index (χ3n) is 11.7. The Hall–Kier alpha value is -6.33. The van der Waals surface area contributed by atoms with Crippen LogP contribution in [0.5, 0.6) is 0 Å². The molecule has 0 saturated carbocycles. The average molecular weight is 770 g/mol. The molecule has 2 fully saturated rings. The van der Waals surface area contributed by atoms with Gasteiger partial charge in [-0.1, -0.05) is 39.0 Å². The van der Waals surface area contributed by atoms with E-state index in [-0.39, 0.29) is 55.3 Å². The Labute approximate surface area is 329 Å². The van der Waals surface area contributed by atoms with E-state index >= 15 is 0 Å². The van der Waals surface area contributed by atoms with Gasteiger partial charge in [-0.2, -0.15) is 0 Å². The maximum atomic E-state index is 14.1. The first-order valence-electron chi connectivity index (χ1n) is 19.4. The Morgan fingerprint density at radius 2 is 1.75 bits per heavy atom. The predicted octanol–water partition coefficient (Wildman–Crippen LogP) is 4.72. The van der Waals surface area contributed by atoms with Gasteiger partial charge in [-0.25, -0.2) is 4.85 Å². The maximum Gasteiger partial charge on any atom is 0.264 e. The first-order chi connectivity index (χ1) is 27.4. The second kappa shape index (κ2) is 14.6. The van der Waals surface area contributed by atoms with E-state index in [4.69, 9.17) is 11.3 Å². The summed E-state index contributed by atoms with van der Waals surface area (Å²) in [4.78, 5) is 89.8. The molecule has 1 atom stereocenters. The molecule has 3 aliphatic heterocycles. The second-order valence-electron chi connectivity index (χ2n) is 15.4. The summed E-state index contributed by atoms with van der Waals surface area (Å²) in [5, 5.41) is 6.19. The van der Waals surface area contributed by atoms with Crippen LogP contribution in [-0.4, -0.2) is 102 Å². The molecule has 1 aromatic heterocycles. The number of ether oxygens (including phenoxy) is 1. The number of amides is 5. The number of ketones is 1. The van der Waals surface area contributed by atoms with E-state index < -0.39 is 35.1 Å². The molecule has 57 heavy (non-hydrogen) atoms.